The standard InChI is InChI=1S/C20H19Cl2N3O/c1-13-6-9-20(25-24-13)26-19-10-15(7-8-18(19)22)12-23-14(2)16-4-3-5-17(21)11-16/h3-11,14,23H,12H2,1-2H3. The van der Waals surface area contributed by atoms with E-state index in [0.717, 1.165) is 21.8 Å². The maximum atomic E-state index is 6.25. The molecule has 0 aliphatic heterocycles. The van der Waals surface area contributed by atoms with Gasteiger partial charge in [-0.25, -0.2) is 0 Å². The van der Waals surface area contributed by atoms with E-state index in [-0.39, 0.29) is 6.04 Å². The summed E-state index contributed by atoms with van der Waals surface area (Å²) >= 11 is 12.3. The molecule has 1 aromatic heterocycles. The van der Waals surface area contributed by atoms with Crippen molar-refractivity contribution < 1.29 is 4.74 Å². The van der Waals surface area contributed by atoms with Crippen molar-refractivity contribution in [2.45, 2.75) is 26.4 Å². The van der Waals surface area contributed by atoms with Gasteiger partial charge in [-0.05, 0) is 55.3 Å². The maximum Gasteiger partial charge on any atom is 0.238 e. The smallest absolute Gasteiger partial charge is 0.238 e. The highest BCUT2D eigenvalue weighted by Gasteiger charge is 2.09. The normalized spacial score (nSPS) is 12.0. The van der Waals surface area contributed by atoms with Crippen molar-refractivity contribution in [1.29, 1.82) is 0 Å². The van der Waals surface area contributed by atoms with Crippen LogP contribution in [0, 0.1) is 6.92 Å². The number of benzene rings is 2. The van der Waals surface area contributed by atoms with Gasteiger partial charge in [-0.1, -0.05) is 41.4 Å². The summed E-state index contributed by atoms with van der Waals surface area (Å²) in [5, 5.41) is 12.7. The zero-order chi connectivity index (χ0) is 18.5. The Morgan fingerprint density at radius 1 is 1.04 bits per heavy atom. The molecule has 4 nitrogen and oxygen atoms in total. The van der Waals surface area contributed by atoms with Crippen molar-refractivity contribution >= 4 is 23.2 Å². The van der Waals surface area contributed by atoms with Crippen molar-refractivity contribution in [3.8, 4) is 11.6 Å². The number of nitrogens with one attached hydrogen (secondary N) is 1. The molecule has 3 rings (SSSR count). The van der Waals surface area contributed by atoms with Crippen molar-refractivity contribution in [3.63, 3.8) is 0 Å². The summed E-state index contributed by atoms with van der Waals surface area (Å²) in [6.07, 6.45) is 0. The first kappa shape index (κ1) is 18.6. The number of halogens is 2. The van der Waals surface area contributed by atoms with Gasteiger partial charge in [-0.2, -0.15) is 5.10 Å². The van der Waals surface area contributed by atoms with E-state index in [2.05, 4.69) is 28.5 Å². The minimum atomic E-state index is 0.164. The van der Waals surface area contributed by atoms with Gasteiger partial charge in [0, 0.05) is 23.7 Å². The molecule has 0 saturated heterocycles. The summed E-state index contributed by atoms with van der Waals surface area (Å²) in [5.74, 6) is 0.967. The number of nitrogens with zero attached hydrogens (tertiary/aromatic N) is 2. The highest BCUT2D eigenvalue weighted by atomic mass is 35.5. The van der Waals surface area contributed by atoms with E-state index in [1.807, 2.05) is 49.4 Å². The molecule has 1 heterocycles. The summed E-state index contributed by atoms with van der Waals surface area (Å²) < 4.78 is 5.76. The quantitative estimate of drug-likeness (QED) is 0.585. The number of aryl methyl sites for hydroxylation is 1. The van der Waals surface area contributed by atoms with Gasteiger partial charge in [0.15, 0.2) is 0 Å². The third kappa shape index (κ3) is 4.94. The van der Waals surface area contributed by atoms with Crippen LogP contribution in [0.4, 0.5) is 0 Å². The summed E-state index contributed by atoms with van der Waals surface area (Å²) in [4.78, 5) is 0. The highest BCUT2D eigenvalue weighted by molar-refractivity contribution is 6.32. The fourth-order valence-electron chi connectivity index (χ4n) is 2.45. The molecular formula is C20H19Cl2N3O. The van der Waals surface area contributed by atoms with Gasteiger partial charge in [0.25, 0.3) is 0 Å². The summed E-state index contributed by atoms with van der Waals surface area (Å²) in [6.45, 7) is 4.64. The fraction of sp³-hybridized carbons (Fsp3) is 0.200. The van der Waals surface area contributed by atoms with Crippen LogP contribution < -0.4 is 10.1 Å². The zero-order valence-corrected chi connectivity index (χ0v) is 16.1. The SMILES string of the molecule is Cc1ccc(Oc2cc(CNC(C)c3cccc(Cl)c3)ccc2Cl)nn1. The number of ether oxygens (including phenoxy) is 1. The Bertz CT molecular complexity index is 884. The van der Waals surface area contributed by atoms with Crippen LogP contribution in [0.1, 0.15) is 29.8 Å². The monoisotopic (exact) mass is 387 g/mol. The molecule has 6 heteroatoms. The first-order chi connectivity index (χ1) is 12.5. The van der Waals surface area contributed by atoms with Gasteiger partial charge in [0.05, 0.1) is 10.7 Å². The van der Waals surface area contributed by atoms with Crippen molar-refractivity contribution in [2.75, 3.05) is 0 Å². The average Bonchev–Trinajstić information content (AvgIpc) is 2.64. The second-order valence-corrected chi connectivity index (χ2v) is 6.88. The lowest BCUT2D eigenvalue weighted by Crippen LogP contribution is -2.18. The van der Waals surface area contributed by atoms with E-state index in [0.29, 0.717) is 23.2 Å². The number of rotatable bonds is 6. The molecule has 0 aliphatic rings. The van der Waals surface area contributed by atoms with E-state index < -0.39 is 0 Å². The first-order valence-electron chi connectivity index (χ1n) is 8.27. The van der Waals surface area contributed by atoms with Gasteiger partial charge < -0.3 is 10.1 Å². The molecular weight excluding hydrogens is 369 g/mol. The summed E-state index contributed by atoms with van der Waals surface area (Å²) in [5.41, 5.74) is 3.02. The largest absolute Gasteiger partial charge is 0.436 e. The lowest BCUT2D eigenvalue weighted by atomic mass is 10.1. The van der Waals surface area contributed by atoms with Gasteiger partial charge in [0.2, 0.25) is 5.88 Å². The Kier molecular flexibility index (Phi) is 6.09. The molecule has 0 aliphatic carbocycles. The zero-order valence-electron chi connectivity index (χ0n) is 14.5. The second kappa shape index (κ2) is 8.49. The molecule has 0 bridgehead atoms. The van der Waals surface area contributed by atoms with E-state index in [1.54, 1.807) is 6.07 Å². The Morgan fingerprint density at radius 2 is 1.88 bits per heavy atom. The molecule has 0 amide bonds. The van der Waals surface area contributed by atoms with Crippen LogP contribution in [0.5, 0.6) is 11.6 Å². The van der Waals surface area contributed by atoms with Crippen molar-refractivity contribution in [3.05, 3.63) is 81.5 Å². The van der Waals surface area contributed by atoms with Crippen LogP contribution in [0.3, 0.4) is 0 Å². The maximum absolute atomic E-state index is 6.25. The highest BCUT2D eigenvalue weighted by Crippen LogP contribution is 2.29. The van der Waals surface area contributed by atoms with E-state index in [9.17, 15) is 0 Å². The van der Waals surface area contributed by atoms with Crippen LogP contribution >= 0.6 is 23.2 Å². The molecule has 134 valence electrons. The van der Waals surface area contributed by atoms with E-state index >= 15 is 0 Å². The Morgan fingerprint density at radius 3 is 2.62 bits per heavy atom. The molecule has 1 atom stereocenters. The van der Waals surface area contributed by atoms with E-state index in [4.69, 9.17) is 27.9 Å². The topological polar surface area (TPSA) is 47.0 Å². The van der Waals surface area contributed by atoms with E-state index in [1.165, 1.54) is 0 Å². The average molecular weight is 388 g/mol. The number of hydrogen-bond acceptors (Lipinski definition) is 4. The fourth-order valence-corrected chi connectivity index (χ4v) is 2.81. The molecule has 0 spiro atoms. The van der Waals surface area contributed by atoms with Gasteiger partial charge >= 0.3 is 0 Å². The van der Waals surface area contributed by atoms with Crippen molar-refractivity contribution in [1.82, 2.24) is 15.5 Å². The lowest BCUT2D eigenvalue weighted by Gasteiger charge is -2.15. The molecule has 1 unspecified atom stereocenters. The molecule has 0 radical (unpaired) electrons. The molecule has 26 heavy (non-hydrogen) atoms. The van der Waals surface area contributed by atoms with Crippen LogP contribution in [0.25, 0.3) is 0 Å². The van der Waals surface area contributed by atoms with Crippen LogP contribution in [-0.2, 0) is 6.54 Å². The Labute approximate surface area is 163 Å². The molecule has 0 saturated carbocycles. The minimum Gasteiger partial charge on any atom is -0.436 e. The molecule has 0 fully saturated rings. The third-order valence-corrected chi connectivity index (χ3v) is 4.49. The third-order valence-electron chi connectivity index (χ3n) is 3.94. The molecule has 3 aromatic rings. The Balaban J connectivity index is 1.68. The number of aromatic nitrogens is 2. The van der Waals surface area contributed by atoms with Gasteiger partial charge in [-0.3, -0.25) is 0 Å². The number of hydrogen-bond donors (Lipinski definition) is 1. The lowest BCUT2D eigenvalue weighted by molar-refractivity contribution is 0.453. The molecule has 1 N–H and O–H groups in total. The summed E-state index contributed by atoms with van der Waals surface area (Å²) in [7, 11) is 0. The van der Waals surface area contributed by atoms with Gasteiger partial charge in [0.1, 0.15) is 5.75 Å². The predicted molar refractivity (Wildman–Crippen MR) is 105 cm³/mol. The van der Waals surface area contributed by atoms with Gasteiger partial charge in [-0.15, -0.1) is 5.10 Å². The predicted octanol–water partition coefficient (Wildman–Crippen LogP) is 5.73. The van der Waals surface area contributed by atoms with Crippen LogP contribution in [0.2, 0.25) is 10.0 Å². The van der Waals surface area contributed by atoms with Crippen LogP contribution in [0.15, 0.2) is 54.6 Å². The Hall–Kier alpha value is -2.14. The molecule has 2 aromatic carbocycles. The summed E-state index contributed by atoms with van der Waals surface area (Å²) in [6, 6.07) is 17.3. The second-order valence-electron chi connectivity index (χ2n) is 6.04. The first-order valence-corrected chi connectivity index (χ1v) is 9.02. The van der Waals surface area contributed by atoms with Crippen LogP contribution in [-0.4, -0.2) is 10.2 Å². The van der Waals surface area contributed by atoms with Crippen molar-refractivity contribution in [2.24, 2.45) is 0 Å². The minimum absolute atomic E-state index is 0.164.